The van der Waals surface area contributed by atoms with Gasteiger partial charge in [-0.2, -0.15) is 0 Å². The molecule has 2 aliphatic carbocycles. The number of carbonyl (C=O) groups is 4. The minimum Gasteiger partial charge on any atom is -0.453 e. The molecule has 67 heavy (non-hydrogen) atoms. The Balaban J connectivity index is 0.972. The van der Waals surface area contributed by atoms with Crippen LogP contribution < -0.4 is 16.2 Å². The third-order valence-electron chi connectivity index (χ3n) is 14.8. The highest BCUT2D eigenvalue weighted by Crippen LogP contribution is 2.53. The van der Waals surface area contributed by atoms with E-state index in [2.05, 4.69) is 63.1 Å². The topological polar surface area (TPSA) is 192 Å². The van der Waals surface area contributed by atoms with Crippen molar-refractivity contribution in [3.63, 3.8) is 0 Å². The number of aromatic nitrogens is 4. The lowest BCUT2D eigenvalue weighted by molar-refractivity contribution is -0.136. The highest BCUT2D eigenvalue weighted by molar-refractivity contribution is 5.89. The smallest absolute Gasteiger partial charge is 0.407 e. The molecule has 4 N–H and O–H groups in total. The van der Waals surface area contributed by atoms with Gasteiger partial charge in [0.1, 0.15) is 23.7 Å². The van der Waals surface area contributed by atoms with Gasteiger partial charge < -0.3 is 39.9 Å². The average molecular weight is 911 g/mol. The van der Waals surface area contributed by atoms with Crippen LogP contribution in [-0.4, -0.2) is 93.1 Å². The third-order valence-corrected chi connectivity index (χ3v) is 14.8. The highest BCUT2D eigenvalue weighted by Gasteiger charge is 2.42. The predicted molar refractivity (Wildman–Crippen MR) is 255 cm³/mol. The van der Waals surface area contributed by atoms with E-state index >= 15 is 0 Å². The van der Waals surface area contributed by atoms with Gasteiger partial charge in [-0.3, -0.25) is 14.4 Å². The van der Waals surface area contributed by atoms with Crippen molar-refractivity contribution in [1.29, 1.82) is 0 Å². The Morgan fingerprint density at radius 2 is 1.21 bits per heavy atom. The number of amides is 4. The van der Waals surface area contributed by atoms with E-state index in [1.165, 1.54) is 56.6 Å². The number of ether oxygens (including phenoxy) is 2. The fourth-order valence-corrected chi connectivity index (χ4v) is 11.3. The second-order valence-electron chi connectivity index (χ2n) is 19.7. The summed E-state index contributed by atoms with van der Waals surface area (Å²) in [7, 11) is 2.57. The van der Waals surface area contributed by atoms with Crippen molar-refractivity contribution in [2.45, 2.75) is 116 Å². The van der Waals surface area contributed by atoms with Gasteiger partial charge in [0.25, 0.3) is 5.56 Å². The molecule has 0 unspecified atom stereocenters. The fourth-order valence-electron chi connectivity index (χ4n) is 11.3. The van der Waals surface area contributed by atoms with Crippen LogP contribution in [0.5, 0.6) is 0 Å². The van der Waals surface area contributed by atoms with Crippen molar-refractivity contribution in [1.82, 2.24) is 40.4 Å². The van der Waals surface area contributed by atoms with Crippen molar-refractivity contribution in [3.05, 3.63) is 93.9 Å². The minimum absolute atomic E-state index is 0.115. The molecule has 5 aromatic rings. The van der Waals surface area contributed by atoms with Gasteiger partial charge in [0.05, 0.1) is 49.1 Å². The van der Waals surface area contributed by atoms with Gasteiger partial charge in [-0.15, -0.1) is 0 Å². The lowest BCUT2D eigenvalue weighted by Crippen LogP contribution is -2.51. The van der Waals surface area contributed by atoms with Crippen LogP contribution in [0.3, 0.4) is 0 Å². The Morgan fingerprint density at radius 3 is 1.76 bits per heavy atom. The summed E-state index contributed by atoms with van der Waals surface area (Å²) < 4.78 is 9.59. The Kier molecular flexibility index (Phi) is 12.7. The monoisotopic (exact) mass is 910 g/mol. The van der Waals surface area contributed by atoms with E-state index in [0.717, 1.165) is 65.9 Å². The van der Waals surface area contributed by atoms with Crippen LogP contribution in [0.15, 0.2) is 65.6 Å². The molecular formula is C52H62N8O7. The van der Waals surface area contributed by atoms with E-state index in [9.17, 15) is 24.0 Å². The van der Waals surface area contributed by atoms with Crippen LogP contribution in [0.25, 0.3) is 44.4 Å². The fraction of sp³-hybridized carbons (Fsp3) is 0.481. The van der Waals surface area contributed by atoms with Gasteiger partial charge >= 0.3 is 12.2 Å². The maximum atomic E-state index is 13.9. The van der Waals surface area contributed by atoms with Gasteiger partial charge in [0, 0.05) is 13.1 Å². The van der Waals surface area contributed by atoms with Crippen molar-refractivity contribution in [3.8, 4) is 33.5 Å². The molecule has 4 atom stereocenters. The van der Waals surface area contributed by atoms with Crippen molar-refractivity contribution in [2.24, 2.45) is 17.3 Å². The molecule has 3 aromatic carbocycles. The minimum atomic E-state index is -0.771. The summed E-state index contributed by atoms with van der Waals surface area (Å²) in [5, 5.41) is 5.90. The molecule has 4 heterocycles. The van der Waals surface area contributed by atoms with E-state index < -0.39 is 30.3 Å². The first-order valence-electron chi connectivity index (χ1n) is 23.9. The quantitative estimate of drug-likeness (QED) is 0.101. The number of carbonyl (C=O) groups excluding carboxylic acids is 4. The number of fused-ring (bicyclic) bond motifs is 2. The first kappa shape index (κ1) is 45.6. The van der Waals surface area contributed by atoms with E-state index in [1.54, 1.807) is 4.90 Å². The van der Waals surface area contributed by atoms with Crippen molar-refractivity contribution < 1.29 is 28.7 Å². The molecule has 0 radical (unpaired) electrons. The SMILES string of the molecule is COC(=O)N[C@H](C(=O)N1CCC[C@H]1c1ncc(-c2ccc(-c3ccc(-c4ccc5nc([C@@H]6CCCN6C(=O)[C@@H](NC(=O)OC)C(C)C)[nH]c(=O)c5c4)c4c3CC3(CCCC3)C4)cc2)[nH]1)C(C)C. The number of aromatic amines is 2. The largest absolute Gasteiger partial charge is 0.453 e. The number of alkyl carbamates (subject to hydrolysis) is 2. The molecule has 352 valence electrons. The number of imidazole rings is 1. The first-order chi connectivity index (χ1) is 32.3. The molecule has 15 nitrogen and oxygen atoms in total. The van der Waals surface area contributed by atoms with Crippen molar-refractivity contribution in [2.75, 3.05) is 27.3 Å². The summed E-state index contributed by atoms with van der Waals surface area (Å²) in [6, 6.07) is 16.9. The van der Waals surface area contributed by atoms with E-state index in [0.29, 0.717) is 36.2 Å². The Hall–Kier alpha value is -6.51. The molecule has 15 heteroatoms. The number of likely N-dealkylation sites (tertiary alicyclic amines) is 2. The normalized spacial score (nSPS) is 19.6. The Morgan fingerprint density at radius 1 is 0.687 bits per heavy atom. The lowest BCUT2D eigenvalue weighted by atomic mass is 9.82. The molecule has 9 rings (SSSR count). The number of rotatable bonds is 11. The molecule has 3 fully saturated rings. The maximum absolute atomic E-state index is 13.9. The molecular weight excluding hydrogens is 849 g/mol. The number of hydrogen-bond donors (Lipinski definition) is 4. The van der Waals surface area contributed by atoms with Gasteiger partial charge in [0.15, 0.2) is 0 Å². The third kappa shape index (κ3) is 8.80. The second kappa shape index (κ2) is 18.6. The Bertz CT molecular complexity index is 2750. The summed E-state index contributed by atoms with van der Waals surface area (Å²) in [6.45, 7) is 8.65. The number of hydrogen-bond acceptors (Lipinski definition) is 9. The van der Waals surface area contributed by atoms with Gasteiger partial charge in [-0.25, -0.2) is 19.6 Å². The van der Waals surface area contributed by atoms with Crippen LogP contribution in [0.4, 0.5) is 9.59 Å². The Labute approximate surface area is 390 Å². The summed E-state index contributed by atoms with van der Waals surface area (Å²) in [5.41, 5.74) is 9.61. The van der Waals surface area contributed by atoms with Gasteiger partial charge in [0.2, 0.25) is 11.8 Å². The molecule has 1 saturated carbocycles. The lowest BCUT2D eigenvalue weighted by Gasteiger charge is -2.30. The van der Waals surface area contributed by atoms with E-state index in [4.69, 9.17) is 19.4 Å². The highest BCUT2D eigenvalue weighted by atomic mass is 16.5. The molecule has 2 aliphatic heterocycles. The molecule has 2 saturated heterocycles. The number of nitrogens with one attached hydrogen (secondary N) is 4. The van der Waals surface area contributed by atoms with Crippen molar-refractivity contribution >= 4 is 34.9 Å². The molecule has 1 spiro atoms. The maximum Gasteiger partial charge on any atom is 0.407 e. The summed E-state index contributed by atoms with van der Waals surface area (Å²) in [4.78, 5) is 85.4. The standard InChI is InChI=1S/C52H62N8O7/c1-29(2)43(56-50(64)66-5)48(62)59-23-9-11-41(59)45-53-28-40(55-45)32-15-13-31(14-16-32)34-18-19-35(38-27-52(26-37(34)38)21-7-8-22-52)33-17-20-39-36(25-33)47(61)58-46(54-39)42-12-10-24-60(42)49(63)44(30(3)4)57-51(65)67-6/h13-20,25,28-30,41-44H,7-12,21-24,26-27H2,1-6H3,(H,53,55)(H,56,64)(H,57,65)(H,54,58,61)/t41-,42-,43-,44-/m0/s1. The van der Waals surface area contributed by atoms with Crippen LogP contribution in [0.1, 0.15) is 114 Å². The van der Waals surface area contributed by atoms with Crippen LogP contribution >= 0.6 is 0 Å². The van der Waals surface area contributed by atoms with E-state index in [1.807, 2.05) is 50.9 Å². The molecule has 2 aromatic heterocycles. The zero-order valence-corrected chi connectivity index (χ0v) is 39.4. The summed E-state index contributed by atoms with van der Waals surface area (Å²) >= 11 is 0. The summed E-state index contributed by atoms with van der Waals surface area (Å²) in [5.74, 6) is 0.525. The first-order valence-corrected chi connectivity index (χ1v) is 23.9. The number of methoxy groups -OCH3 is 2. The zero-order chi connectivity index (χ0) is 47.1. The number of benzene rings is 3. The number of nitrogens with zero attached hydrogens (tertiary/aromatic N) is 4. The second-order valence-corrected chi connectivity index (χ2v) is 19.7. The van der Waals surface area contributed by atoms with Gasteiger partial charge in [-0.1, -0.05) is 83.0 Å². The predicted octanol–water partition coefficient (Wildman–Crippen LogP) is 8.39. The van der Waals surface area contributed by atoms with E-state index in [-0.39, 0.29) is 40.7 Å². The molecule has 4 aliphatic rings. The van der Waals surface area contributed by atoms with Gasteiger partial charge in [-0.05, 0) is 120 Å². The summed E-state index contributed by atoms with van der Waals surface area (Å²) in [6.07, 6.45) is 10.4. The molecule has 0 bridgehead atoms. The van der Waals surface area contributed by atoms with Crippen LogP contribution in [0.2, 0.25) is 0 Å². The molecule has 4 amide bonds. The zero-order valence-electron chi connectivity index (χ0n) is 39.4. The van der Waals surface area contributed by atoms with Crippen LogP contribution in [0, 0.1) is 17.3 Å². The average Bonchev–Trinajstić information content (AvgIpc) is 4.20. The number of H-pyrrole nitrogens is 2. The van der Waals surface area contributed by atoms with Crippen LogP contribution in [-0.2, 0) is 31.9 Å².